The fourth-order valence-electron chi connectivity index (χ4n) is 3.12. The minimum absolute atomic E-state index is 0. The van der Waals surface area contributed by atoms with Gasteiger partial charge in [0.15, 0.2) is 5.96 Å². The van der Waals surface area contributed by atoms with Gasteiger partial charge in [-0.15, -0.1) is 34.2 Å². The molecule has 10 heteroatoms. The van der Waals surface area contributed by atoms with Crippen molar-refractivity contribution in [1.82, 2.24) is 35.2 Å². The molecule has 1 aromatic rings. The Bertz CT molecular complexity index is 610. The monoisotopic (exact) mass is 506 g/mol. The van der Waals surface area contributed by atoms with Crippen molar-refractivity contribution >= 4 is 35.8 Å². The van der Waals surface area contributed by atoms with Gasteiger partial charge >= 0.3 is 0 Å². The van der Waals surface area contributed by atoms with E-state index in [1.807, 2.05) is 13.8 Å². The second kappa shape index (κ2) is 12.9. The number of piperazine rings is 1. The maximum Gasteiger partial charge on any atom is 0.234 e. The molecule has 1 amide bonds. The summed E-state index contributed by atoms with van der Waals surface area (Å²) >= 11 is 0. The van der Waals surface area contributed by atoms with Gasteiger partial charge in [-0.2, -0.15) is 0 Å². The molecule has 0 saturated carbocycles. The van der Waals surface area contributed by atoms with E-state index in [1.54, 1.807) is 6.33 Å². The summed E-state index contributed by atoms with van der Waals surface area (Å²) < 4.78 is 2.05. The van der Waals surface area contributed by atoms with Gasteiger partial charge in [0.1, 0.15) is 12.2 Å². The quantitative estimate of drug-likeness (QED) is 0.305. The minimum Gasteiger partial charge on any atom is -0.357 e. The van der Waals surface area contributed by atoms with E-state index in [4.69, 9.17) is 4.99 Å². The molecule has 0 aromatic carbocycles. The molecule has 1 saturated heterocycles. The normalized spacial score (nSPS) is 15.5. The van der Waals surface area contributed by atoms with Crippen LogP contribution in [0.15, 0.2) is 11.3 Å². The number of aromatic nitrogens is 3. The zero-order chi connectivity index (χ0) is 19.6. The summed E-state index contributed by atoms with van der Waals surface area (Å²) in [6.45, 7) is 14.4. The highest BCUT2D eigenvalue weighted by Gasteiger charge is 2.21. The largest absolute Gasteiger partial charge is 0.357 e. The van der Waals surface area contributed by atoms with Gasteiger partial charge in [-0.25, -0.2) is 0 Å². The Morgan fingerprint density at radius 2 is 1.96 bits per heavy atom. The molecule has 0 atom stereocenters. The van der Waals surface area contributed by atoms with Crippen LogP contribution < -0.4 is 10.6 Å². The number of carbonyl (C=O) groups is 1. The molecule has 160 valence electrons. The van der Waals surface area contributed by atoms with E-state index in [0.29, 0.717) is 13.1 Å². The number of nitrogens with one attached hydrogen (secondary N) is 2. The van der Waals surface area contributed by atoms with Gasteiger partial charge < -0.3 is 20.1 Å². The van der Waals surface area contributed by atoms with Crippen molar-refractivity contribution in [2.24, 2.45) is 4.99 Å². The summed E-state index contributed by atoms with van der Waals surface area (Å²) in [6.07, 6.45) is 2.64. The van der Waals surface area contributed by atoms with Crippen LogP contribution in [-0.2, 0) is 17.8 Å². The predicted octanol–water partition coefficient (Wildman–Crippen LogP) is 0.566. The molecule has 0 radical (unpaired) electrons. The lowest BCUT2D eigenvalue weighted by atomic mass is 10.3. The molecule has 1 aromatic heterocycles. The van der Waals surface area contributed by atoms with Crippen molar-refractivity contribution in [1.29, 1.82) is 0 Å². The summed E-state index contributed by atoms with van der Waals surface area (Å²) in [5.41, 5.74) is 0. The summed E-state index contributed by atoms with van der Waals surface area (Å²) in [6, 6.07) is 0.185. The zero-order valence-corrected chi connectivity index (χ0v) is 19.8. The molecule has 9 nitrogen and oxygen atoms in total. The number of carbonyl (C=O) groups excluding carboxylic acids is 1. The number of aliphatic imine (C=N–C) groups is 1. The van der Waals surface area contributed by atoms with E-state index in [0.717, 1.165) is 57.5 Å². The molecule has 2 N–H and O–H groups in total. The molecule has 0 aliphatic carbocycles. The number of aryl methyl sites for hydroxylation is 1. The van der Waals surface area contributed by atoms with Crippen LogP contribution in [0.4, 0.5) is 0 Å². The summed E-state index contributed by atoms with van der Waals surface area (Å²) in [5.74, 6) is 2.03. The van der Waals surface area contributed by atoms with Crippen molar-refractivity contribution in [3.8, 4) is 0 Å². The van der Waals surface area contributed by atoms with Gasteiger partial charge in [-0.1, -0.05) is 6.92 Å². The molecule has 28 heavy (non-hydrogen) atoms. The molecule has 2 rings (SSSR count). The minimum atomic E-state index is 0. The SMILES string of the molecule is CCNC(=NCCn1cnnc1CC)N1CCN(CC(=O)NC(C)C)CC1.I. The van der Waals surface area contributed by atoms with E-state index in [2.05, 4.69) is 49.0 Å². The van der Waals surface area contributed by atoms with Crippen LogP contribution in [0, 0.1) is 0 Å². The third-order valence-corrected chi connectivity index (χ3v) is 4.44. The highest BCUT2D eigenvalue weighted by atomic mass is 127. The van der Waals surface area contributed by atoms with Crippen LogP contribution in [0.5, 0.6) is 0 Å². The Kier molecular flexibility index (Phi) is 11.4. The fourth-order valence-corrected chi connectivity index (χ4v) is 3.12. The van der Waals surface area contributed by atoms with Crippen LogP contribution in [0.1, 0.15) is 33.5 Å². The Labute approximate surface area is 185 Å². The molecule has 2 heterocycles. The van der Waals surface area contributed by atoms with Gasteiger partial charge in [0, 0.05) is 51.7 Å². The number of hydrogen-bond donors (Lipinski definition) is 2. The Morgan fingerprint density at radius 3 is 2.57 bits per heavy atom. The highest BCUT2D eigenvalue weighted by molar-refractivity contribution is 14.0. The van der Waals surface area contributed by atoms with Crippen molar-refractivity contribution < 1.29 is 4.79 Å². The Morgan fingerprint density at radius 1 is 1.25 bits per heavy atom. The molecule has 1 aliphatic rings. The number of hydrogen-bond acceptors (Lipinski definition) is 5. The lowest BCUT2D eigenvalue weighted by Gasteiger charge is -2.36. The first-order valence-corrected chi connectivity index (χ1v) is 9.95. The maximum atomic E-state index is 11.9. The third-order valence-electron chi connectivity index (χ3n) is 4.44. The van der Waals surface area contributed by atoms with Gasteiger partial charge in [-0.3, -0.25) is 14.7 Å². The van der Waals surface area contributed by atoms with E-state index in [9.17, 15) is 4.79 Å². The van der Waals surface area contributed by atoms with Crippen LogP contribution in [0.25, 0.3) is 0 Å². The smallest absolute Gasteiger partial charge is 0.234 e. The predicted molar refractivity (Wildman–Crippen MR) is 122 cm³/mol. The van der Waals surface area contributed by atoms with Crippen LogP contribution in [0.3, 0.4) is 0 Å². The first kappa shape index (κ1) is 24.6. The van der Waals surface area contributed by atoms with Crippen molar-refractivity contribution in [2.75, 3.05) is 45.8 Å². The van der Waals surface area contributed by atoms with Crippen LogP contribution in [-0.4, -0.2) is 88.3 Å². The topological polar surface area (TPSA) is 90.7 Å². The first-order valence-electron chi connectivity index (χ1n) is 9.95. The summed E-state index contributed by atoms with van der Waals surface area (Å²) in [7, 11) is 0. The van der Waals surface area contributed by atoms with Gasteiger partial charge in [-0.05, 0) is 20.8 Å². The first-order chi connectivity index (χ1) is 13.0. The average Bonchev–Trinajstić information content (AvgIpc) is 3.08. The van der Waals surface area contributed by atoms with E-state index in [1.165, 1.54) is 0 Å². The highest BCUT2D eigenvalue weighted by Crippen LogP contribution is 2.03. The van der Waals surface area contributed by atoms with E-state index < -0.39 is 0 Å². The molecule has 1 fully saturated rings. The lowest BCUT2D eigenvalue weighted by Crippen LogP contribution is -2.54. The number of guanidine groups is 1. The van der Waals surface area contributed by atoms with Gasteiger partial charge in [0.2, 0.25) is 5.91 Å². The lowest BCUT2D eigenvalue weighted by molar-refractivity contribution is -0.123. The molecule has 1 aliphatic heterocycles. The van der Waals surface area contributed by atoms with Crippen molar-refractivity contribution in [2.45, 2.75) is 46.7 Å². The summed E-state index contributed by atoms with van der Waals surface area (Å²) in [4.78, 5) is 21.2. The molecular weight excluding hydrogens is 471 g/mol. The van der Waals surface area contributed by atoms with Crippen molar-refractivity contribution in [3.05, 3.63) is 12.2 Å². The van der Waals surface area contributed by atoms with Crippen molar-refractivity contribution in [3.63, 3.8) is 0 Å². The fraction of sp³-hybridized carbons (Fsp3) is 0.778. The zero-order valence-electron chi connectivity index (χ0n) is 17.5. The standard InChI is InChI=1S/C18H34N8O.HI/c1-5-16-23-21-14-26(16)8-7-20-18(19-6-2)25-11-9-24(10-12-25)13-17(27)22-15(3)4;/h14-15H,5-13H2,1-4H3,(H,19,20)(H,22,27);1H. The molecule has 0 unspecified atom stereocenters. The van der Waals surface area contributed by atoms with Gasteiger partial charge in [0.25, 0.3) is 0 Å². The van der Waals surface area contributed by atoms with Gasteiger partial charge in [0.05, 0.1) is 13.1 Å². The van der Waals surface area contributed by atoms with Crippen LogP contribution >= 0.6 is 24.0 Å². The summed E-state index contributed by atoms with van der Waals surface area (Å²) in [5, 5.41) is 14.4. The number of amides is 1. The Hall–Kier alpha value is -1.43. The number of halogens is 1. The second-order valence-electron chi connectivity index (χ2n) is 7.02. The number of nitrogens with zero attached hydrogens (tertiary/aromatic N) is 6. The number of rotatable bonds is 8. The van der Waals surface area contributed by atoms with E-state index >= 15 is 0 Å². The Balaban J connectivity index is 0.00000392. The average molecular weight is 506 g/mol. The van der Waals surface area contributed by atoms with E-state index in [-0.39, 0.29) is 35.9 Å². The molecule has 0 spiro atoms. The second-order valence-corrected chi connectivity index (χ2v) is 7.02. The third kappa shape index (κ3) is 7.90. The maximum absolute atomic E-state index is 11.9. The van der Waals surface area contributed by atoms with Crippen LogP contribution in [0.2, 0.25) is 0 Å². The molecular formula is C18H35IN8O. The molecule has 0 bridgehead atoms.